The molecule has 4 aliphatic heterocycles. The van der Waals surface area contributed by atoms with Crippen LogP contribution in [-0.2, 0) is 9.53 Å². The van der Waals surface area contributed by atoms with Gasteiger partial charge in [0.25, 0.3) is 0 Å². The first-order valence-corrected chi connectivity index (χ1v) is 7.59. The van der Waals surface area contributed by atoms with Crippen LogP contribution in [0.1, 0.15) is 19.8 Å². The van der Waals surface area contributed by atoms with Crippen molar-refractivity contribution in [3.8, 4) is 0 Å². The Bertz CT molecular complexity index is 428. The van der Waals surface area contributed by atoms with Crippen molar-refractivity contribution in [3.05, 3.63) is 0 Å². The molecule has 7 nitrogen and oxygen atoms in total. The monoisotopic (exact) mass is 297 g/mol. The maximum absolute atomic E-state index is 12.2. The van der Waals surface area contributed by atoms with Crippen LogP contribution < -0.4 is 5.32 Å². The maximum Gasteiger partial charge on any atom is 0.329 e. The molecule has 0 spiro atoms. The molecule has 1 atom stereocenters. The predicted molar refractivity (Wildman–Crippen MR) is 75.0 cm³/mol. The standard InChI is InChI=1S/C14H23N3O4/c1-14(21-7-12(18)19)8-17(9-14)13(20)15-11-6-16-4-2-10(11)3-5-16/h10-11H,2-9H2,1H3,(H,15,20)(H,18,19). The number of hydrogen-bond acceptors (Lipinski definition) is 4. The lowest BCUT2D eigenvalue weighted by Crippen LogP contribution is -2.67. The molecule has 0 saturated carbocycles. The van der Waals surface area contributed by atoms with E-state index in [1.54, 1.807) is 4.90 Å². The molecule has 2 bridgehead atoms. The molecule has 1 unspecified atom stereocenters. The Kier molecular flexibility index (Phi) is 3.79. The maximum atomic E-state index is 12.2. The summed E-state index contributed by atoms with van der Waals surface area (Å²) in [5.74, 6) is -0.374. The van der Waals surface area contributed by atoms with Gasteiger partial charge in [0.2, 0.25) is 0 Å². The van der Waals surface area contributed by atoms with Crippen LogP contribution in [0.25, 0.3) is 0 Å². The fourth-order valence-corrected chi connectivity index (χ4v) is 3.61. The lowest BCUT2D eigenvalue weighted by Gasteiger charge is -2.49. The number of carbonyl (C=O) groups is 2. The van der Waals surface area contributed by atoms with E-state index in [9.17, 15) is 9.59 Å². The first-order valence-electron chi connectivity index (χ1n) is 7.59. The zero-order valence-electron chi connectivity index (χ0n) is 12.4. The van der Waals surface area contributed by atoms with Gasteiger partial charge in [-0.3, -0.25) is 0 Å². The number of aliphatic carboxylic acids is 1. The van der Waals surface area contributed by atoms with Crippen LogP contribution in [0.4, 0.5) is 4.79 Å². The summed E-state index contributed by atoms with van der Waals surface area (Å²) in [6.45, 7) is 5.70. The van der Waals surface area contributed by atoms with E-state index < -0.39 is 11.6 Å². The van der Waals surface area contributed by atoms with Gasteiger partial charge in [-0.25, -0.2) is 9.59 Å². The molecule has 4 rings (SSSR count). The van der Waals surface area contributed by atoms with Gasteiger partial charge in [-0.2, -0.15) is 0 Å². The van der Waals surface area contributed by atoms with Gasteiger partial charge in [0.05, 0.1) is 13.1 Å². The fourth-order valence-electron chi connectivity index (χ4n) is 3.61. The Morgan fingerprint density at radius 1 is 1.33 bits per heavy atom. The summed E-state index contributed by atoms with van der Waals surface area (Å²) < 4.78 is 5.32. The normalized spacial score (nSPS) is 33.4. The molecule has 0 aromatic heterocycles. The zero-order chi connectivity index (χ0) is 15.0. The number of amides is 2. The van der Waals surface area contributed by atoms with Crippen molar-refractivity contribution in [2.45, 2.75) is 31.4 Å². The quantitative estimate of drug-likeness (QED) is 0.761. The number of nitrogens with zero attached hydrogens (tertiary/aromatic N) is 2. The molecule has 7 heteroatoms. The predicted octanol–water partition coefficient (Wildman–Crippen LogP) is -0.0343. The highest BCUT2D eigenvalue weighted by molar-refractivity contribution is 5.76. The van der Waals surface area contributed by atoms with E-state index in [0.717, 1.165) is 19.6 Å². The zero-order valence-corrected chi connectivity index (χ0v) is 12.4. The number of carboxylic acid groups (broad SMARTS) is 1. The summed E-state index contributed by atoms with van der Waals surface area (Å²) in [7, 11) is 0. The Morgan fingerprint density at radius 2 is 2.00 bits per heavy atom. The third-order valence-electron chi connectivity index (χ3n) is 4.85. The number of carboxylic acids is 1. The summed E-state index contributed by atoms with van der Waals surface area (Å²) in [5.41, 5.74) is -0.523. The fraction of sp³-hybridized carbons (Fsp3) is 0.857. The van der Waals surface area contributed by atoms with Gasteiger partial charge < -0.3 is 25.0 Å². The van der Waals surface area contributed by atoms with Gasteiger partial charge >= 0.3 is 12.0 Å². The van der Waals surface area contributed by atoms with Gasteiger partial charge in [0, 0.05) is 12.6 Å². The molecule has 2 amide bonds. The van der Waals surface area contributed by atoms with Crippen LogP contribution in [0.2, 0.25) is 0 Å². The van der Waals surface area contributed by atoms with Gasteiger partial charge in [-0.1, -0.05) is 0 Å². The summed E-state index contributed by atoms with van der Waals surface area (Å²) in [6, 6.07) is 0.206. The van der Waals surface area contributed by atoms with Crippen molar-refractivity contribution >= 4 is 12.0 Å². The first kappa shape index (κ1) is 14.6. The number of likely N-dealkylation sites (tertiary alicyclic amines) is 1. The molecule has 4 fully saturated rings. The van der Waals surface area contributed by atoms with E-state index in [1.165, 1.54) is 12.8 Å². The summed E-state index contributed by atoms with van der Waals surface area (Å²) in [6.07, 6.45) is 2.34. The van der Waals surface area contributed by atoms with E-state index in [1.807, 2.05) is 6.92 Å². The Morgan fingerprint density at radius 3 is 2.52 bits per heavy atom. The van der Waals surface area contributed by atoms with Crippen molar-refractivity contribution in [2.24, 2.45) is 5.92 Å². The second-order valence-corrected chi connectivity index (χ2v) is 6.68. The first-order chi connectivity index (χ1) is 9.95. The number of ether oxygens (including phenoxy) is 1. The molecule has 4 saturated heterocycles. The third kappa shape index (κ3) is 3.13. The van der Waals surface area contributed by atoms with E-state index >= 15 is 0 Å². The minimum absolute atomic E-state index is 0.0508. The number of carbonyl (C=O) groups excluding carboxylic acids is 1. The van der Waals surface area contributed by atoms with Crippen LogP contribution >= 0.6 is 0 Å². The van der Waals surface area contributed by atoms with E-state index in [2.05, 4.69) is 10.2 Å². The Labute approximate surface area is 124 Å². The average Bonchev–Trinajstić information content (AvgIpc) is 2.43. The van der Waals surface area contributed by atoms with Gasteiger partial charge in [-0.15, -0.1) is 0 Å². The smallest absolute Gasteiger partial charge is 0.329 e. The minimum atomic E-state index is -0.980. The number of hydrogen-bond donors (Lipinski definition) is 2. The third-order valence-corrected chi connectivity index (χ3v) is 4.85. The molecular formula is C14H23N3O4. The second-order valence-electron chi connectivity index (χ2n) is 6.68. The second kappa shape index (κ2) is 5.46. The van der Waals surface area contributed by atoms with Crippen molar-refractivity contribution < 1.29 is 19.4 Å². The molecule has 4 heterocycles. The molecule has 0 aliphatic carbocycles. The highest BCUT2D eigenvalue weighted by Gasteiger charge is 2.44. The largest absolute Gasteiger partial charge is 0.480 e. The summed E-state index contributed by atoms with van der Waals surface area (Å²) in [5, 5.41) is 11.8. The van der Waals surface area contributed by atoms with Crippen molar-refractivity contribution in [3.63, 3.8) is 0 Å². The van der Waals surface area contributed by atoms with Gasteiger partial charge in [-0.05, 0) is 38.8 Å². The van der Waals surface area contributed by atoms with Crippen molar-refractivity contribution in [1.82, 2.24) is 15.1 Å². The lowest BCUT2D eigenvalue weighted by atomic mass is 9.84. The van der Waals surface area contributed by atoms with E-state index in [0.29, 0.717) is 19.0 Å². The summed E-state index contributed by atoms with van der Waals surface area (Å²) in [4.78, 5) is 26.8. The van der Waals surface area contributed by atoms with E-state index in [-0.39, 0.29) is 18.7 Å². The number of rotatable bonds is 4. The van der Waals surface area contributed by atoms with Crippen LogP contribution in [0.15, 0.2) is 0 Å². The van der Waals surface area contributed by atoms with Gasteiger partial charge in [0.1, 0.15) is 12.2 Å². The average molecular weight is 297 g/mol. The van der Waals surface area contributed by atoms with E-state index in [4.69, 9.17) is 9.84 Å². The lowest BCUT2D eigenvalue weighted by molar-refractivity contribution is -0.159. The molecule has 0 aromatic rings. The topological polar surface area (TPSA) is 82.1 Å². The molecule has 0 radical (unpaired) electrons. The Balaban J connectivity index is 1.44. The molecule has 118 valence electrons. The van der Waals surface area contributed by atoms with Crippen molar-refractivity contribution in [1.29, 1.82) is 0 Å². The van der Waals surface area contributed by atoms with Crippen LogP contribution in [-0.4, -0.2) is 77.9 Å². The highest BCUT2D eigenvalue weighted by Crippen LogP contribution is 2.29. The molecule has 21 heavy (non-hydrogen) atoms. The number of fused-ring (bicyclic) bond motifs is 3. The van der Waals surface area contributed by atoms with Crippen LogP contribution in [0.3, 0.4) is 0 Å². The summed E-state index contributed by atoms with van der Waals surface area (Å²) >= 11 is 0. The highest BCUT2D eigenvalue weighted by atomic mass is 16.5. The van der Waals surface area contributed by atoms with Crippen LogP contribution in [0.5, 0.6) is 0 Å². The molecule has 0 aromatic carbocycles. The number of nitrogens with one attached hydrogen (secondary N) is 1. The van der Waals surface area contributed by atoms with Gasteiger partial charge in [0.15, 0.2) is 0 Å². The molecule has 2 N–H and O–H groups in total. The SMILES string of the molecule is CC1(OCC(=O)O)CN(C(=O)NC2CN3CCC2CC3)C1. The van der Waals surface area contributed by atoms with Crippen molar-refractivity contribution in [2.75, 3.05) is 39.3 Å². The number of urea groups is 1. The van der Waals surface area contributed by atoms with Crippen LogP contribution in [0, 0.1) is 5.92 Å². The minimum Gasteiger partial charge on any atom is -0.480 e. The Hall–Kier alpha value is -1.34. The number of piperidine rings is 3. The molecular weight excluding hydrogens is 274 g/mol. The molecule has 4 aliphatic rings.